The Morgan fingerprint density at radius 3 is 2.80 bits per heavy atom. The molecule has 0 spiro atoms. The van der Waals surface area contributed by atoms with Gasteiger partial charge in [-0.1, -0.05) is 12.1 Å². The van der Waals surface area contributed by atoms with E-state index in [-0.39, 0.29) is 18.1 Å². The Morgan fingerprint density at radius 2 is 2.12 bits per heavy atom. The van der Waals surface area contributed by atoms with E-state index >= 15 is 0 Å². The second kappa shape index (κ2) is 6.39. The van der Waals surface area contributed by atoms with Gasteiger partial charge in [0.25, 0.3) is 10.0 Å². The Balaban J connectivity index is 1.65. The standard InChI is InChI=1S/C18H21NO4S2/c1-11-6-17(24-10-11)25(21,22)19-18(14-8-15(20)9-14)13-2-3-16-12(7-13)4-5-23-16/h2-3,6-7,10,14-15,18-20H,4-5,8-9H2,1H3/t14?,15?,18-/m0/s1. The van der Waals surface area contributed by atoms with Crippen LogP contribution in [0.5, 0.6) is 5.75 Å². The third kappa shape index (κ3) is 3.33. The van der Waals surface area contributed by atoms with Gasteiger partial charge in [0.15, 0.2) is 0 Å². The van der Waals surface area contributed by atoms with Crippen molar-refractivity contribution in [2.24, 2.45) is 5.92 Å². The van der Waals surface area contributed by atoms with Crippen LogP contribution in [0.4, 0.5) is 0 Å². The molecule has 7 heteroatoms. The number of ether oxygens (including phenoxy) is 1. The van der Waals surface area contributed by atoms with Crippen molar-refractivity contribution < 1.29 is 18.3 Å². The Kier molecular flexibility index (Phi) is 4.35. The molecule has 0 unspecified atom stereocenters. The van der Waals surface area contributed by atoms with E-state index in [0.717, 1.165) is 28.9 Å². The number of hydrogen-bond acceptors (Lipinski definition) is 5. The molecule has 1 fully saturated rings. The van der Waals surface area contributed by atoms with E-state index in [1.165, 1.54) is 11.3 Å². The summed E-state index contributed by atoms with van der Waals surface area (Å²) in [7, 11) is -3.58. The van der Waals surface area contributed by atoms with Crippen molar-refractivity contribution in [1.82, 2.24) is 4.72 Å². The van der Waals surface area contributed by atoms with Gasteiger partial charge in [0.2, 0.25) is 0 Å². The number of sulfonamides is 1. The highest BCUT2D eigenvalue weighted by molar-refractivity contribution is 7.91. The van der Waals surface area contributed by atoms with Gasteiger partial charge in [-0.3, -0.25) is 0 Å². The fourth-order valence-electron chi connectivity index (χ4n) is 3.51. The number of hydrogen-bond donors (Lipinski definition) is 2. The minimum absolute atomic E-state index is 0.103. The van der Waals surface area contributed by atoms with Crippen LogP contribution in [0.1, 0.15) is 35.6 Å². The Bertz CT molecular complexity index is 884. The number of rotatable bonds is 5. The predicted molar refractivity (Wildman–Crippen MR) is 96.5 cm³/mol. The van der Waals surface area contributed by atoms with Gasteiger partial charge >= 0.3 is 0 Å². The van der Waals surface area contributed by atoms with Crippen LogP contribution >= 0.6 is 11.3 Å². The van der Waals surface area contributed by atoms with Crippen LogP contribution in [0.2, 0.25) is 0 Å². The molecule has 1 saturated carbocycles. The fourth-order valence-corrected chi connectivity index (χ4v) is 6.05. The number of aliphatic hydroxyl groups excluding tert-OH is 1. The zero-order valence-corrected chi connectivity index (χ0v) is 15.6. The quantitative estimate of drug-likeness (QED) is 0.838. The van der Waals surface area contributed by atoms with Crippen molar-refractivity contribution in [2.75, 3.05) is 6.61 Å². The molecule has 0 amide bonds. The molecule has 1 aromatic carbocycles. The monoisotopic (exact) mass is 379 g/mol. The van der Waals surface area contributed by atoms with Crippen LogP contribution in [-0.2, 0) is 16.4 Å². The number of benzene rings is 1. The van der Waals surface area contributed by atoms with Gasteiger partial charge in [-0.05, 0) is 59.9 Å². The summed E-state index contributed by atoms with van der Waals surface area (Å²) in [5.74, 6) is 0.985. The minimum Gasteiger partial charge on any atom is -0.493 e. The Labute approximate surface area is 151 Å². The summed E-state index contributed by atoms with van der Waals surface area (Å²) in [6.45, 7) is 2.56. The molecule has 5 nitrogen and oxygen atoms in total. The normalized spacial score (nSPS) is 23.6. The number of fused-ring (bicyclic) bond motifs is 1. The van der Waals surface area contributed by atoms with Gasteiger partial charge in [0.1, 0.15) is 9.96 Å². The SMILES string of the molecule is Cc1csc(S(=O)(=O)N[C@@H](c2ccc3c(c2)CCO3)C2CC(O)C2)c1. The van der Waals surface area contributed by atoms with E-state index in [1.807, 2.05) is 30.5 Å². The molecule has 0 saturated heterocycles. The first-order chi connectivity index (χ1) is 11.9. The second-order valence-electron chi connectivity index (χ2n) is 6.89. The Morgan fingerprint density at radius 1 is 1.32 bits per heavy atom. The van der Waals surface area contributed by atoms with Gasteiger partial charge in [0, 0.05) is 6.42 Å². The molecule has 0 radical (unpaired) electrons. The van der Waals surface area contributed by atoms with Crippen LogP contribution in [0.3, 0.4) is 0 Å². The molecule has 2 aromatic rings. The van der Waals surface area contributed by atoms with Crippen molar-refractivity contribution in [3.8, 4) is 5.75 Å². The molecule has 134 valence electrons. The van der Waals surface area contributed by atoms with Crippen molar-refractivity contribution >= 4 is 21.4 Å². The summed E-state index contributed by atoms with van der Waals surface area (Å²) in [5.41, 5.74) is 3.00. The molecule has 2 heterocycles. The molecule has 25 heavy (non-hydrogen) atoms. The topological polar surface area (TPSA) is 75.6 Å². The zero-order chi connectivity index (χ0) is 17.6. The van der Waals surface area contributed by atoms with Crippen LogP contribution in [0.25, 0.3) is 0 Å². The number of nitrogens with one attached hydrogen (secondary N) is 1. The molecule has 1 aliphatic carbocycles. The van der Waals surface area contributed by atoms with E-state index in [0.29, 0.717) is 23.7 Å². The predicted octanol–water partition coefficient (Wildman–Crippen LogP) is 2.78. The molecular weight excluding hydrogens is 358 g/mol. The average molecular weight is 380 g/mol. The van der Waals surface area contributed by atoms with Crippen molar-refractivity contribution in [3.63, 3.8) is 0 Å². The lowest BCUT2D eigenvalue weighted by atomic mass is 9.75. The number of aliphatic hydroxyl groups is 1. The van der Waals surface area contributed by atoms with Crippen molar-refractivity contribution in [2.45, 2.75) is 42.5 Å². The minimum atomic E-state index is -3.58. The number of thiophene rings is 1. The maximum absolute atomic E-state index is 12.8. The smallest absolute Gasteiger partial charge is 0.250 e. The first-order valence-corrected chi connectivity index (χ1v) is 10.8. The van der Waals surface area contributed by atoms with E-state index in [1.54, 1.807) is 6.07 Å². The zero-order valence-electron chi connectivity index (χ0n) is 13.9. The lowest BCUT2D eigenvalue weighted by molar-refractivity contribution is 0.0280. The van der Waals surface area contributed by atoms with Crippen LogP contribution < -0.4 is 9.46 Å². The van der Waals surface area contributed by atoms with E-state index in [2.05, 4.69) is 4.72 Å². The lowest BCUT2D eigenvalue weighted by Gasteiger charge is -2.38. The summed E-state index contributed by atoms with van der Waals surface area (Å²) in [6, 6.07) is 7.25. The molecule has 1 aromatic heterocycles. The molecule has 2 aliphatic rings. The first kappa shape index (κ1) is 17.0. The van der Waals surface area contributed by atoms with Crippen molar-refractivity contribution in [1.29, 1.82) is 0 Å². The highest BCUT2D eigenvalue weighted by Crippen LogP contribution is 2.40. The van der Waals surface area contributed by atoms with Gasteiger partial charge in [-0.2, -0.15) is 0 Å². The van der Waals surface area contributed by atoms with Crippen molar-refractivity contribution in [3.05, 3.63) is 46.3 Å². The summed E-state index contributed by atoms with van der Waals surface area (Å²) in [5, 5.41) is 11.5. The lowest BCUT2D eigenvalue weighted by Crippen LogP contribution is -2.41. The second-order valence-corrected chi connectivity index (χ2v) is 9.75. The fraction of sp³-hybridized carbons (Fsp3) is 0.444. The van der Waals surface area contributed by atoms with E-state index in [4.69, 9.17) is 4.74 Å². The van der Waals surface area contributed by atoms with Crippen LogP contribution in [0.15, 0.2) is 33.9 Å². The molecule has 0 bridgehead atoms. The average Bonchev–Trinajstić information content (AvgIpc) is 3.18. The summed E-state index contributed by atoms with van der Waals surface area (Å²) in [6.07, 6.45) is 1.74. The molecule has 1 aliphatic heterocycles. The first-order valence-electron chi connectivity index (χ1n) is 8.43. The van der Waals surface area contributed by atoms with Crippen LogP contribution in [0, 0.1) is 12.8 Å². The van der Waals surface area contributed by atoms with Gasteiger partial charge in [-0.25, -0.2) is 13.1 Å². The third-order valence-electron chi connectivity index (χ3n) is 4.95. The highest BCUT2D eigenvalue weighted by Gasteiger charge is 2.37. The molecule has 1 atom stereocenters. The van der Waals surface area contributed by atoms with E-state index in [9.17, 15) is 13.5 Å². The maximum atomic E-state index is 12.8. The summed E-state index contributed by atoms with van der Waals surface area (Å²) >= 11 is 1.23. The van der Waals surface area contributed by atoms with Gasteiger partial charge in [-0.15, -0.1) is 11.3 Å². The summed E-state index contributed by atoms with van der Waals surface area (Å²) < 4.78 is 34.4. The third-order valence-corrected chi connectivity index (χ3v) is 7.95. The summed E-state index contributed by atoms with van der Waals surface area (Å²) in [4.78, 5) is 0. The highest BCUT2D eigenvalue weighted by atomic mass is 32.2. The molecule has 2 N–H and O–H groups in total. The van der Waals surface area contributed by atoms with Crippen LogP contribution in [-0.4, -0.2) is 26.2 Å². The Hall–Kier alpha value is -1.41. The number of aryl methyl sites for hydroxylation is 1. The maximum Gasteiger partial charge on any atom is 0.250 e. The largest absolute Gasteiger partial charge is 0.493 e. The molecular formula is C18H21NO4S2. The van der Waals surface area contributed by atoms with Gasteiger partial charge in [0.05, 0.1) is 18.8 Å². The molecule has 4 rings (SSSR count). The van der Waals surface area contributed by atoms with E-state index < -0.39 is 10.0 Å². The van der Waals surface area contributed by atoms with Gasteiger partial charge < -0.3 is 9.84 Å².